The lowest BCUT2D eigenvalue weighted by molar-refractivity contribution is 0.276. The van der Waals surface area contributed by atoms with Crippen LogP contribution in [0.5, 0.6) is 5.75 Å². The first kappa shape index (κ1) is 14.3. The van der Waals surface area contributed by atoms with E-state index < -0.39 is 6.10 Å². The minimum Gasteiger partial charge on any atom is -0.476 e. The quantitative estimate of drug-likeness (QED) is 0.698. The van der Waals surface area contributed by atoms with Crippen LogP contribution in [0, 0.1) is 11.3 Å². The summed E-state index contributed by atoms with van der Waals surface area (Å²) in [6.45, 7) is 1.72. The first-order valence-electron chi connectivity index (χ1n) is 6.94. The third-order valence-corrected chi connectivity index (χ3v) is 4.11. The van der Waals surface area contributed by atoms with E-state index in [4.69, 9.17) is 10.00 Å². The van der Waals surface area contributed by atoms with Gasteiger partial charge in [-0.05, 0) is 42.8 Å². The maximum Gasteiger partial charge on any atom is 0.181 e. The van der Waals surface area contributed by atoms with Crippen molar-refractivity contribution in [1.29, 1.82) is 5.26 Å². The number of fused-ring (bicyclic) bond motifs is 1. The SMILES string of the molecule is CC(C#N)Oc1ccc(C=Cc2nc3ccccc3s2)cc1. The van der Waals surface area contributed by atoms with Gasteiger partial charge in [0.1, 0.15) is 16.8 Å². The van der Waals surface area contributed by atoms with Crippen molar-refractivity contribution in [2.45, 2.75) is 13.0 Å². The van der Waals surface area contributed by atoms with E-state index in [2.05, 4.69) is 11.1 Å². The standard InChI is InChI=1S/C18H14N2OS/c1-13(12-19)21-15-9-6-14(7-10-15)8-11-18-20-16-4-2-3-5-17(16)22-18/h2-11,13H,1H3. The predicted molar refractivity (Wildman–Crippen MR) is 90.7 cm³/mol. The molecule has 0 radical (unpaired) electrons. The Kier molecular flexibility index (Phi) is 4.17. The van der Waals surface area contributed by atoms with Crippen LogP contribution in [0.1, 0.15) is 17.5 Å². The molecule has 4 heteroatoms. The summed E-state index contributed by atoms with van der Waals surface area (Å²) in [5.74, 6) is 0.700. The lowest BCUT2D eigenvalue weighted by atomic mass is 10.2. The molecule has 1 unspecified atom stereocenters. The van der Waals surface area contributed by atoms with Crippen molar-refractivity contribution in [2.75, 3.05) is 0 Å². The van der Waals surface area contributed by atoms with E-state index in [1.54, 1.807) is 18.3 Å². The van der Waals surface area contributed by atoms with Gasteiger partial charge in [-0.2, -0.15) is 5.26 Å². The zero-order valence-corrected chi connectivity index (χ0v) is 12.9. The van der Waals surface area contributed by atoms with Crippen LogP contribution >= 0.6 is 11.3 Å². The summed E-state index contributed by atoms with van der Waals surface area (Å²) in [7, 11) is 0. The van der Waals surface area contributed by atoms with Crippen molar-refractivity contribution in [1.82, 2.24) is 4.98 Å². The molecule has 22 heavy (non-hydrogen) atoms. The summed E-state index contributed by atoms with van der Waals surface area (Å²) in [5, 5.41) is 9.71. The Hall–Kier alpha value is -2.64. The Morgan fingerprint density at radius 3 is 2.64 bits per heavy atom. The van der Waals surface area contributed by atoms with Crippen LogP contribution in [0.2, 0.25) is 0 Å². The van der Waals surface area contributed by atoms with E-state index in [9.17, 15) is 0 Å². The van der Waals surface area contributed by atoms with Crippen LogP contribution in [0.3, 0.4) is 0 Å². The van der Waals surface area contributed by atoms with Gasteiger partial charge >= 0.3 is 0 Å². The summed E-state index contributed by atoms with van der Waals surface area (Å²) in [4.78, 5) is 4.57. The second-order valence-corrected chi connectivity index (χ2v) is 5.87. The third kappa shape index (κ3) is 3.33. The van der Waals surface area contributed by atoms with Crippen LogP contribution in [0.25, 0.3) is 22.4 Å². The van der Waals surface area contributed by atoms with Crippen molar-refractivity contribution in [3.8, 4) is 11.8 Å². The Labute approximate surface area is 133 Å². The van der Waals surface area contributed by atoms with Crippen molar-refractivity contribution in [3.05, 3.63) is 59.1 Å². The van der Waals surface area contributed by atoms with E-state index in [1.807, 2.05) is 60.7 Å². The predicted octanol–water partition coefficient (Wildman–Crippen LogP) is 4.76. The summed E-state index contributed by atoms with van der Waals surface area (Å²) < 4.78 is 6.62. The molecule has 3 aromatic rings. The Morgan fingerprint density at radius 2 is 1.91 bits per heavy atom. The van der Waals surface area contributed by atoms with Gasteiger partial charge in [-0.15, -0.1) is 11.3 Å². The van der Waals surface area contributed by atoms with E-state index in [0.29, 0.717) is 5.75 Å². The highest BCUT2D eigenvalue weighted by Gasteiger charge is 2.01. The highest BCUT2D eigenvalue weighted by molar-refractivity contribution is 7.19. The second kappa shape index (κ2) is 6.42. The molecular formula is C18H14N2OS. The Bertz CT molecular complexity index is 810. The molecule has 0 spiro atoms. The normalized spacial score (nSPS) is 12.4. The molecule has 0 amide bonds. The number of nitrogens with zero attached hydrogens (tertiary/aromatic N) is 2. The molecule has 0 aliphatic rings. The van der Waals surface area contributed by atoms with Crippen molar-refractivity contribution in [3.63, 3.8) is 0 Å². The van der Waals surface area contributed by atoms with Gasteiger partial charge in [-0.3, -0.25) is 0 Å². The molecule has 0 N–H and O–H groups in total. The number of thiazole rings is 1. The van der Waals surface area contributed by atoms with Gasteiger partial charge in [-0.1, -0.05) is 30.3 Å². The Balaban J connectivity index is 1.73. The fourth-order valence-corrected chi connectivity index (χ4v) is 2.89. The zero-order valence-electron chi connectivity index (χ0n) is 12.1. The highest BCUT2D eigenvalue weighted by Crippen LogP contribution is 2.23. The zero-order chi connectivity index (χ0) is 15.4. The molecule has 0 aliphatic carbocycles. The lowest BCUT2D eigenvalue weighted by Gasteiger charge is -2.07. The van der Waals surface area contributed by atoms with Crippen molar-refractivity contribution in [2.24, 2.45) is 0 Å². The molecule has 0 saturated carbocycles. The molecule has 0 saturated heterocycles. The van der Waals surface area contributed by atoms with Crippen LogP contribution in [-0.4, -0.2) is 11.1 Å². The number of hydrogen-bond acceptors (Lipinski definition) is 4. The van der Waals surface area contributed by atoms with Gasteiger partial charge in [0, 0.05) is 0 Å². The molecule has 3 rings (SSSR count). The minimum absolute atomic E-state index is 0.441. The molecule has 0 bridgehead atoms. The number of ether oxygens (including phenoxy) is 1. The molecular weight excluding hydrogens is 292 g/mol. The summed E-state index contributed by atoms with van der Waals surface area (Å²) in [5.41, 5.74) is 2.10. The maximum absolute atomic E-state index is 8.73. The maximum atomic E-state index is 8.73. The molecule has 0 aliphatic heterocycles. The summed E-state index contributed by atoms with van der Waals surface area (Å²) in [6, 6.07) is 17.8. The van der Waals surface area contributed by atoms with Crippen LogP contribution in [-0.2, 0) is 0 Å². The summed E-state index contributed by atoms with van der Waals surface area (Å²) in [6.07, 6.45) is 3.59. The monoisotopic (exact) mass is 306 g/mol. The largest absolute Gasteiger partial charge is 0.476 e. The van der Waals surface area contributed by atoms with Gasteiger partial charge in [0.15, 0.2) is 6.10 Å². The number of aromatic nitrogens is 1. The second-order valence-electron chi connectivity index (χ2n) is 4.81. The first-order chi connectivity index (χ1) is 10.7. The summed E-state index contributed by atoms with van der Waals surface area (Å²) >= 11 is 1.67. The molecule has 1 heterocycles. The average Bonchev–Trinajstić information content (AvgIpc) is 2.97. The topological polar surface area (TPSA) is 45.9 Å². The number of benzene rings is 2. The number of hydrogen-bond donors (Lipinski definition) is 0. The molecule has 2 aromatic carbocycles. The molecule has 0 fully saturated rings. The van der Waals surface area contributed by atoms with E-state index in [1.165, 1.54) is 4.70 Å². The first-order valence-corrected chi connectivity index (χ1v) is 7.76. The number of para-hydroxylation sites is 1. The molecule has 1 aromatic heterocycles. The third-order valence-electron chi connectivity index (χ3n) is 3.10. The van der Waals surface area contributed by atoms with E-state index in [0.717, 1.165) is 16.1 Å². The van der Waals surface area contributed by atoms with E-state index in [-0.39, 0.29) is 0 Å². The van der Waals surface area contributed by atoms with Crippen LogP contribution < -0.4 is 4.74 Å². The van der Waals surface area contributed by atoms with E-state index >= 15 is 0 Å². The van der Waals surface area contributed by atoms with Gasteiger partial charge in [0.2, 0.25) is 0 Å². The minimum atomic E-state index is -0.441. The van der Waals surface area contributed by atoms with Gasteiger partial charge < -0.3 is 4.74 Å². The van der Waals surface area contributed by atoms with Crippen LogP contribution in [0.15, 0.2) is 48.5 Å². The molecule has 3 nitrogen and oxygen atoms in total. The number of nitriles is 1. The van der Waals surface area contributed by atoms with Crippen molar-refractivity contribution < 1.29 is 4.74 Å². The highest BCUT2D eigenvalue weighted by atomic mass is 32.1. The molecule has 1 atom stereocenters. The smallest absolute Gasteiger partial charge is 0.181 e. The van der Waals surface area contributed by atoms with Crippen LogP contribution in [0.4, 0.5) is 0 Å². The van der Waals surface area contributed by atoms with Gasteiger partial charge in [0.25, 0.3) is 0 Å². The average molecular weight is 306 g/mol. The fraction of sp³-hybridized carbons (Fsp3) is 0.111. The fourth-order valence-electron chi connectivity index (χ4n) is 2.02. The number of rotatable bonds is 4. The molecule has 108 valence electrons. The van der Waals surface area contributed by atoms with Crippen molar-refractivity contribution >= 4 is 33.7 Å². The lowest BCUT2D eigenvalue weighted by Crippen LogP contribution is -2.07. The van der Waals surface area contributed by atoms with Gasteiger partial charge in [0.05, 0.1) is 10.2 Å². The Morgan fingerprint density at radius 1 is 1.14 bits per heavy atom. The van der Waals surface area contributed by atoms with Gasteiger partial charge in [-0.25, -0.2) is 4.98 Å².